The molecule has 0 bridgehead atoms. The third-order valence-electron chi connectivity index (χ3n) is 4.60. The Labute approximate surface area is 160 Å². The van der Waals surface area contributed by atoms with Gasteiger partial charge in [0.15, 0.2) is 0 Å². The van der Waals surface area contributed by atoms with Crippen molar-refractivity contribution < 1.29 is 12.8 Å². The molecule has 1 atom stereocenters. The van der Waals surface area contributed by atoms with Gasteiger partial charge in [-0.1, -0.05) is 28.1 Å². The number of aromatic nitrogens is 1. The van der Waals surface area contributed by atoms with Crippen molar-refractivity contribution in [3.8, 4) is 0 Å². The summed E-state index contributed by atoms with van der Waals surface area (Å²) in [6, 6.07) is 16.0. The highest BCUT2D eigenvalue weighted by Gasteiger charge is 2.37. The first kappa shape index (κ1) is 17.5. The highest BCUT2D eigenvalue weighted by Crippen LogP contribution is 2.36. The van der Waals surface area contributed by atoms with Crippen LogP contribution in [0.2, 0.25) is 0 Å². The molecule has 134 valence electrons. The minimum atomic E-state index is -3.70. The fraction of sp³-hybridized carbons (Fsp3) is 0.158. The van der Waals surface area contributed by atoms with Crippen molar-refractivity contribution in [1.82, 2.24) is 8.87 Å². The first-order valence-electron chi connectivity index (χ1n) is 8.15. The van der Waals surface area contributed by atoms with Crippen LogP contribution < -0.4 is 0 Å². The van der Waals surface area contributed by atoms with Crippen LogP contribution in [0.3, 0.4) is 0 Å². The Kier molecular flexibility index (Phi) is 4.46. The van der Waals surface area contributed by atoms with Crippen LogP contribution in [0.5, 0.6) is 0 Å². The minimum absolute atomic E-state index is 0.243. The van der Waals surface area contributed by atoms with Gasteiger partial charge >= 0.3 is 0 Å². The van der Waals surface area contributed by atoms with Gasteiger partial charge in [-0.15, -0.1) is 0 Å². The van der Waals surface area contributed by atoms with Crippen LogP contribution in [0, 0.1) is 5.82 Å². The quantitative estimate of drug-likeness (QED) is 0.620. The molecule has 1 aliphatic heterocycles. The molecule has 0 N–H and O–H groups in total. The molecule has 0 aliphatic carbocycles. The van der Waals surface area contributed by atoms with Gasteiger partial charge in [-0.25, -0.2) is 12.8 Å². The van der Waals surface area contributed by atoms with Gasteiger partial charge in [0.25, 0.3) is 0 Å². The number of hydrogen-bond donors (Lipinski definition) is 0. The molecule has 7 heteroatoms. The van der Waals surface area contributed by atoms with Crippen molar-refractivity contribution in [3.05, 3.63) is 88.4 Å². The van der Waals surface area contributed by atoms with Crippen molar-refractivity contribution in [3.63, 3.8) is 0 Å². The average molecular weight is 435 g/mol. The molecule has 3 aromatic rings. The monoisotopic (exact) mass is 434 g/mol. The zero-order valence-electron chi connectivity index (χ0n) is 13.7. The van der Waals surface area contributed by atoms with Gasteiger partial charge in [0.1, 0.15) is 5.82 Å². The van der Waals surface area contributed by atoms with Crippen molar-refractivity contribution in [2.45, 2.75) is 17.5 Å². The summed E-state index contributed by atoms with van der Waals surface area (Å²) in [5, 5.41) is 0. The highest BCUT2D eigenvalue weighted by atomic mass is 79.9. The Morgan fingerprint density at radius 3 is 2.35 bits per heavy atom. The lowest BCUT2D eigenvalue weighted by molar-refractivity contribution is 0.298. The average Bonchev–Trinajstić information content (AvgIpc) is 3.11. The van der Waals surface area contributed by atoms with E-state index in [9.17, 15) is 12.8 Å². The van der Waals surface area contributed by atoms with Crippen LogP contribution in [0.25, 0.3) is 0 Å². The number of hydrogen-bond acceptors (Lipinski definition) is 2. The molecule has 4 nitrogen and oxygen atoms in total. The van der Waals surface area contributed by atoms with Crippen molar-refractivity contribution in [1.29, 1.82) is 0 Å². The molecule has 26 heavy (non-hydrogen) atoms. The second-order valence-electron chi connectivity index (χ2n) is 6.15. The predicted octanol–water partition coefficient (Wildman–Crippen LogP) is 4.18. The van der Waals surface area contributed by atoms with E-state index >= 15 is 0 Å². The van der Waals surface area contributed by atoms with Crippen LogP contribution >= 0.6 is 15.9 Å². The molecule has 0 unspecified atom stereocenters. The van der Waals surface area contributed by atoms with E-state index in [2.05, 4.69) is 15.9 Å². The Morgan fingerprint density at radius 2 is 1.65 bits per heavy atom. The summed E-state index contributed by atoms with van der Waals surface area (Å²) in [7, 11) is -3.70. The van der Waals surface area contributed by atoms with Gasteiger partial charge in [-0.3, -0.25) is 0 Å². The molecular weight excluding hydrogens is 419 g/mol. The second-order valence-corrected chi connectivity index (χ2v) is 8.96. The van der Waals surface area contributed by atoms with E-state index in [1.165, 1.54) is 16.4 Å². The van der Waals surface area contributed by atoms with Crippen molar-refractivity contribution in [2.24, 2.45) is 0 Å². The fourth-order valence-corrected chi connectivity index (χ4v) is 5.19. The fourth-order valence-electron chi connectivity index (χ4n) is 3.35. The third kappa shape index (κ3) is 3.00. The predicted molar refractivity (Wildman–Crippen MR) is 101 cm³/mol. The second kappa shape index (κ2) is 6.64. The van der Waals surface area contributed by atoms with E-state index in [0.717, 1.165) is 15.7 Å². The molecular formula is C19H16BrFN2O2S. The maximum Gasteiger partial charge on any atom is 0.244 e. The van der Waals surface area contributed by atoms with Crippen molar-refractivity contribution >= 4 is 26.0 Å². The summed E-state index contributed by atoms with van der Waals surface area (Å²) in [4.78, 5) is 0.243. The van der Waals surface area contributed by atoms with Crippen LogP contribution in [-0.4, -0.2) is 23.8 Å². The van der Waals surface area contributed by atoms with Gasteiger partial charge in [-0.2, -0.15) is 4.31 Å². The molecule has 2 heterocycles. The summed E-state index contributed by atoms with van der Waals surface area (Å²) in [6.45, 7) is 0.928. The molecule has 4 rings (SSSR count). The van der Waals surface area contributed by atoms with E-state index in [-0.39, 0.29) is 10.7 Å². The zero-order valence-corrected chi connectivity index (χ0v) is 16.1. The van der Waals surface area contributed by atoms with E-state index in [1.807, 2.05) is 22.9 Å². The Morgan fingerprint density at radius 1 is 0.962 bits per heavy atom. The number of rotatable bonds is 3. The SMILES string of the molecule is O=S(=O)(c1ccc(Br)cc1)N1CCn2cccc2[C@H]1c1ccc(F)cc1. The summed E-state index contributed by atoms with van der Waals surface area (Å²) in [5.41, 5.74) is 1.62. The number of benzene rings is 2. The lowest BCUT2D eigenvalue weighted by atomic mass is 10.0. The molecule has 1 aromatic heterocycles. The topological polar surface area (TPSA) is 42.3 Å². The van der Waals surface area contributed by atoms with Gasteiger partial charge in [-0.05, 0) is 54.1 Å². The standard InChI is InChI=1S/C19H16BrFN2O2S/c20-15-5-9-17(10-6-15)26(24,25)23-13-12-22-11-1-2-18(22)19(23)14-3-7-16(21)8-4-14/h1-11,19H,12-13H2/t19-/m1/s1. The first-order chi connectivity index (χ1) is 12.5. The van der Waals surface area contributed by atoms with Gasteiger partial charge in [0, 0.05) is 29.5 Å². The lowest BCUT2D eigenvalue weighted by Crippen LogP contribution is -2.42. The number of fused-ring (bicyclic) bond motifs is 1. The molecule has 1 aliphatic rings. The highest BCUT2D eigenvalue weighted by molar-refractivity contribution is 9.10. The normalized spacial score (nSPS) is 17.8. The number of nitrogens with zero attached hydrogens (tertiary/aromatic N) is 2. The Hall–Kier alpha value is -1.96. The maximum absolute atomic E-state index is 13.4. The molecule has 0 saturated heterocycles. The summed E-state index contributed by atoms with van der Waals surface area (Å²) < 4.78 is 44.4. The van der Waals surface area contributed by atoms with Gasteiger partial charge < -0.3 is 4.57 Å². The van der Waals surface area contributed by atoms with Crippen LogP contribution in [0.4, 0.5) is 4.39 Å². The third-order valence-corrected chi connectivity index (χ3v) is 7.01. The summed E-state index contributed by atoms with van der Waals surface area (Å²) in [5.74, 6) is -0.345. The van der Waals surface area contributed by atoms with E-state index < -0.39 is 16.1 Å². The molecule has 0 spiro atoms. The smallest absolute Gasteiger partial charge is 0.244 e. The Balaban J connectivity index is 1.83. The largest absolute Gasteiger partial charge is 0.348 e. The lowest BCUT2D eigenvalue weighted by Gasteiger charge is -2.36. The van der Waals surface area contributed by atoms with Crippen LogP contribution in [0.1, 0.15) is 17.3 Å². The molecule has 2 aromatic carbocycles. The van der Waals surface area contributed by atoms with Gasteiger partial charge in [0.2, 0.25) is 10.0 Å². The van der Waals surface area contributed by atoms with Crippen molar-refractivity contribution in [2.75, 3.05) is 6.54 Å². The zero-order chi connectivity index (χ0) is 18.3. The molecule has 0 saturated carbocycles. The van der Waals surface area contributed by atoms with E-state index in [4.69, 9.17) is 0 Å². The summed E-state index contributed by atoms with van der Waals surface area (Å²) >= 11 is 3.33. The molecule has 0 radical (unpaired) electrons. The Bertz CT molecular complexity index is 1030. The minimum Gasteiger partial charge on any atom is -0.348 e. The number of halogens is 2. The molecule has 0 amide bonds. The first-order valence-corrected chi connectivity index (χ1v) is 10.4. The van der Waals surface area contributed by atoms with E-state index in [0.29, 0.717) is 13.1 Å². The number of sulfonamides is 1. The van der Waals surface area contributed by atoms with Gasteiger partial charge in [0.05, 0.1) is 10.9 Å². The molecule has 0 fully saturated rings. The van der Waals surface area contributed by atoms with Crippen LogP contribution in [0.15, 0.2) is 76.2 Å². The van der Waals surface area contributed by atoms with E-state index in [1.54, 1.807) is 36.4 Å². The maximum atomic E-state index is 13.4. The van der Waals surface area contributed by atoms with Crippen LogP contribution in [-0.2, 0) is 16.6 Å². The summed E-state index contributed by atoms with van der Waals surface area (Å²) in [6.07, 6.45) is 1.94.